The summed E-state index contributed by atoms with van der Waals surface area (Å²) in [5.41, 5.74) is 4.10. The van der Waals surface area contributed by atoms with E-state index in [0.29, 0.717) is 16.7 Å². The monoisotopic (exact) mass is 297 g/mol. The lowest BCUT2D eigenvalue weighted by atomic mass is 9.90. The highest BCUT2D eigenvalue weighted by Crippen LogP contribution is 2.39. The largest absolute Gasteiger partial charge is 0.285 e. The molecule has 0 fully saturated rings. The molecule has 23 heavy (non-hydrogen) atoms. The number of carbonyl (C=O) groups excluding carboxylic acids is 2. The van der Waals surface area contributed by atoms with Gasteiger partial charge in [0.15, 0.2) is 0 Å². The molecule has 0 bridgehead atoms. The predicted molar refractivity (Wildman–Crippen MR) is 87.5 cm³/mol. The molecule has 0 aromatic heterocycles. The predicted octanol–water partition coefficient (Wildman–Crippen LogP) is 4.07. The zero-order valence-corrected chi connectivity index (χ0v) is 12.4. The molecule has 0 spiro atoms. The van der Waals surface area contributed by atoms with E-state index in [1.807, 2.05) is 31.2 Å². The van der Waals surface area contributed by atoms with Crippen LogP contribution in [0.1, 0.15) is 31.8 Å². The summed E-state index contributed by atoms with van der Waals surface area (Å²) in [6.45, 7) is 1.94. The Labute approximate surface area is 132 Å². The summed E-state index contributed by atoms with van der Waals surface area (Å²) in [5, 5.41) is 10.6. The van der Waals surface area contributed by atoms with Gasteiger partial charge in [0, 0.05) is 16.5 Å². The Morgan fingerprint density at radius 3 is 2.35 bits per heavy atom. The van der Waals surface area contributed by atoms with E-state index in [-0.39, 0.29) is 0 Å². The number of hydrogen-bond acceptors (Lipinski definition) is 3. The van der Waals surface area contributed by atoms with Gasteiger partial charge in [0.2, 0.25) is 11.6 Å². The zero-order valence-electron chi connectivity index (χ0n) is 12.4. The fraction of sp³-hybridized carbons (Fsp3) is 0.0500. The van der Waals surface area contributed by atoms with E-state index in [1.54, 1.807) is 24.3 Å². The van der Waals surface area contributed by atoms with Crippen LogP contribution in [-0.2, 0) is 0 Å². The third kappa shape index (κ3) is 1.75. The van der Waals surface area contributed by atoms with Crippen molar-refractivity contribution in [1.82, 2.24) is 0 Å². The molecule has 0 heterocycles. The minimum Gasteiger partial charge on any atom is -0.285 e. The van der Waals surface area contributed by atoms with E-state index < -0.39 is 11.6 Å². The Bertz CT molecular complexity index is 1050. The molecule has 1 aliphatic carbocycles. The number of rotatable bonds is 1. The fourth-order valence-corrected chi connectivity index (χ4v) is 3.33. The van der Waals surface area contributed by atoms with Gasteiger partial charge in [-0.1, -0.05) is 36.4 Å². The lowest BCUT2D eigenvalue weighted by Crippen LogP contribution is -2.08. The first-order valence-electron chi connectivity index (χ1n) is 7.27. The van der Waals surface area contributed by atoms with Crippen molar-refractivity contribution in [2.24, 2.45) is 0 Å². The SMILES string of the molecule is Cc1cc2cccc3c2c(c1-c1ccc(C#N)cc1)C(=O)C3=O. The standard InChI is InChI=1S/C20H11NO2/c1-11-9-14-3-2-4-15-17(14)18(20(23)19(15)22)16(11)13-7-5-12(10-21)6-8-13/h2-9H,1H3. The number of Topliss-reactive ketones (excluding diaryl/α,β-unsaturated/α-hetero) is 2. The first-order valence-corrected chi connectivity index (χ1v) is 7.27. The first-order chi connectivity index (χ1) is 11.1. The van der Waals surface area contributed by atoms with Crippen LogP contribution in [0.3, 0.4) is 0 Å². The van der Waals surface area contributed by atoms with Gasteiger partial charge in [0.25, 0.3) is 0 Å². The lowest BCUT2D eigenvalue weighted by molar-refractivity contribution is 0.0825. The van der Waals surface area contributed by atoms with E-state index >= 15 is 0 Å². The number of aryl methyl sites for hydroxylation is 1. The van der Waals surface area contributed by atoms with Crippen LogP contribution in [-0.4, -0.2) is 11.6 Å². The number of benzene rings is 3. The Balaban J connectivity index is 2.11. The topological polar surface area (TPSA) is 57.9 Å². The molecule has 3 nitrogen and oxygen atoms in total. The molecule has 108 valence electrons. The Morgan fingerprint density at radius 2 is 1.65 bits per heavy atom. The summed E-state index contributed by atoms with van der Waals surface area (Å²) in [4.78, 5) is 24.8. The van der Waals surface area contributed by atoms with Gasteiger partial charge >= 0.3 is 0 Å². The van der Waals surface area contributed by atoms with E-state index in [4.69, 9.17) is 5.26 Å². The average Bonchev–Trinajstić information content (AvgIpc) is 2.82. The smallest absolute Gasteiger partial charge is 0.234 e. The second-order valence-electron chi connectivity index (χ2n) is 5.69. The van der Waals surface area contributed by atoms with Crippen LogP contribution < -0.4 is 0 Å². The van der Waals surface area contributed by atoms with Crippen LogP contribution in [0.25, 0.3) is 21.9 Å². The molecule has 0 atom stereocenters. The minimum absolute atomic E-state index is 0.439. The van der Waals surface area contributed by atoms with Gasteiger partial charge in [-0.2, -0.15) is 5.26 Å². The molecule has 3 aromatic carbocycles. The molecule has 0 unspecified atom stereocenters. The van der Waals surface area contributed by atoms with E-state index in [2.05, 4.69) is 6.07 Å². The molecule has 0 saturated carbocycles. The number of hydrogen-bond donors (Lipinski definition) is 0. The summed E-state index contributed by atoms with van der Waals surface area (Å²) < 4.78 is 0. The molecule has 0 amide bonds. The highest BCUT2D eigenvalue weighted by Gasteiger charge is 2.33. The van der Waals surface area contributed by atoms with Gasteiger partial charge in [-0.3, -0.25) is 9.59 Å². The zero-order chi connectivity index (χ0) is 16.1. The van der Waals surface area contributed by atoms with Gasteiger partial charge in [0.05, 0.1) is 11.6 Å². The lowest BCUT2D eigenvalue weighted by Gasteiger charge is -2.12. The van der Waals surface area contributed by atoms with Crippen molar-refractivity contribution in [3.63, 3.8) is 0 Å². The molecule has 1 aliphatic rings. The van der Waals surface area contributed by atoms with Crippen LogP contribution in [0.5, 0.6) is 0 Å². The van der Waals surface area contributed by atoms with Gasteiger partial charge in [0.1, 0.15) is 0 Å². The van der Waals surface area contributed by atoms with Crippen LogP contribution in [0.15, 0.2) is 48.5 Å². The molecule has 4 rings (SSSR count). The number of nitrogens with zero attached hydrogens (tertiary/aromatic N) is 1. The highest BCUT2D eigenvalue weighted by molar-refractivity contribution is 6.58. The van der Waals surface area contributed by atoms with Crippen molar-refractivity contribution < 1.29 is 9.59 Å². The molecule has 3 heteroatoms. The maximum absolute atomic E-state index is 12.5. The summed E-state index contributed by atoms with van der Waals surface area (Å²) in [6, 6.07) is 16.6. The fourth-order valence-electron chi connectivity index (χ4n) is 3.33. The van der Waals surface area contributed by atoms with Crippen molar-refractivity contribution in [2.75, 3.05) is 0 Å². The van der Waals surface area contributed by atoms with Gasteiger partial charge < -0.3 is 0 Å². The Morgan fingerprint density at radius 1 is 0.913 bits per heavy atom. The summed E-state index contributed by atoms with van der Waals surface area (Å²) in [7, 11) is 0. The van der Waals surface area contributed by atoms with Crippen molar-refractivity contribution >= 4 is 22.3 Å². The van der Waals surface area contributed by atoms with Crippen LogP contribution >= 0.6 is 0 Å². The van der Waals surface area contributed by atoms with Crippen LogP contribution in [0, 0.1) is 18.3 Å². The third-order valence-corrected chi connectivity index (χ3v) is 4.34. The second kappa shape index (κ2) is 4.62. The van der Waals surface area contributed by atoms with E-state index in [1.165, 1.54) is 0 Å². The molecule has 0 aliphatic heterocycles. The van der Waals surface area contributed by atoms with Gasteiger partial charge in [-0.05, 0) is 41.1 Å². The quantitative estimate of drug-likeness (QED) is 0.636. The number of ketones is 2. The molecular formula is C20H11NO2. The van der Waals surface area contributed by atoms with Gasteiger partial charge in [-0.25, -0.2) is 0 Å². The third-order valence-electron chi connectivity index (χ3n) is 4.34. The molecular weight excluding hydrogens is 286 g/mol. The van der Waals surface area contributed by atoms with Crippen LogP contribution in [0.2, 0.25) is 0 Å². The number of nitriles is 1. The van der Waals surface area contributed by atoms with Crippen LogP contribution in [0.4, 0.5) is 0 Å². The first kappa shape index (κ1) is 13.4. The van der Waals surface area contributed by atoms with Gasteiger partial charge in [-0.15, -0.1) is 0 Å². The highest BCUT2D eigenvalue weighted by atomic mass is 16.2. The minimum atomic E-state index is -0.445. The Kier molecular flexibility index (Phi) is 2.70. The molecule has 3 aromatic rings. The average molecular weight is 297 g/mol. The van der Waals surface area contributed by atoms with Crippen molar-refractivity contribution in [3.05, 3.63) is 70.8 Å². The molecule has 0 saturated heterocycles. The number of carbonyl (C=O) groups is 2. The summed E-state index contributed by atoms with van der Waals surface area (Å²) in [6.07, 6.45) is 0. The van der Waals surface area contributed by atoms with Crippen molar-refractivity contribution in [1.29, 1.82) is 5.26 Å². The van der Waals surface area contributed by atoms with E-state index in [9.17, 15) is 9.59 Å². The molecule has 0 radical (unpaired) electrons. The maximum atomic E-state index is 12.5. The van der Waals surface area contributed by atoms with Crippen molar-refractivity contribution in [3.8, 4) is 17.2 Å². The Hall–Kier alpha value is -3.25. The summed E-state index contributed by atoms with van der Waals surface area (Å²) >= 11 is 0. The normalized spacial score (nSPS) is 12.7. The second-order valence-corrected chi connectivity index (χ2v) is 5.69. The van der Waals surface area contributed by atoms with Crippen molar-refractivity contribution in [2.45, 2.75) is 6.92 Å². The van der Waals surface area contributed by atoms with E-state index in [0.717, 1.165) is 27.5 Å². The summed E-state index contributed by atoms with van der Waals surface area (Å²) in [5.74, 6) is -0.884. The maximum Gasteiger partial charge on any atom is 0.234 e. The molecule has 0 N–H and O–H groups in total.